The average molecular weight is 355 g/mol. The SMILES string of the molecule is O=C(CNCCc1ccccc1)Nc1nc(-c2ccc(F)cc2)cs1. The maximum absolute atomic E-state index is 13.0. The summed E-state index contributed by atoms with van der Waals surface area (Å²) in [7, 11) is 0. The van der Waals surface area contributed by atoms with E-state index in [0.717, 1.165) is 24.2 Å². The van der Waals surface area contributed by atoms with E-state index in [4.69, 9.17) is 0 Å². The second-order valence-electron chi connectivity index (χ2n) is 5.51. The van der Waals surface area contributed by atoms with Crippen molar-refractivity contribution in [2.24, 2.45) is 0 Å². The highest BCUT2D eigenvalue weighted by Gasteiger charge is 2.08. The summed E-state index contributed by atoms with van der Waals surface area (Å²) in [4.78, 5) is 16.3. The van der Waals surface area contributed by atoms with Gasteiger partial charge in [-0.2, -0.15) is 0 Å². The molecule has 128 valence electrons. The normalized spacial score (nSPS) is 10.6. The van der Waals surface area contributed by atoms with Crippen LogP contribution in [0, 0.1) is 5.82 Å². The van der Waals surface area contributed by atoms with Crippen molar-refractivity contribution in [1.29, 1.82) is 0 Å². The van der Waals surface area contributed by atoms with Crippen molar-refractivity contribution in [3.63, 3.8) is 0 Å². The summed E-state index contributed by atoms with van der Waals surface area (Å²) in [5, 5.41) is 8.27. The molecule has 0 atom stereocenters. The Balaban J connectivity index is 1.44. The number of rotatable bonds is 7. The van der Waals surface area contributed by atoms with Crippen molar-refractivity contribution < 1.29 is 9.18 Å². The molecule has 1 aromatic heterocycles. The van der Waals surface area contributed by atoms with Crippen molar-refractivity contribution >= 4 is 22.4 Å². The van der Waals surface area contributed by atoms with E-state index >= 15 is 0 Å². The predicted octanol–water partition coefficient (Wildman–Crippen LogP) is 3.72. The predicted molar refractivity (Wildman–Crippen MR) is 99.2 cm³/mol. The van der Waals surface area contributed by atoms with Gasteiger partial charge in [0.05, 0.1) is 12.2 Å². The summed E-state index contributed by atoms with van der Waals surface area (Å²) in [6, 6.07) is 16.2. The molecule has 0 spiro atoms. The first kappa shape index (κ1) is 17.3. The van der Waals surface area contributed by atoms with Gasteiger partial charge in [-0.25, -0.2) is 9.37 Å². The highest BCUT2D eigenvalue weighted by atomic mass is 32.1. The van der Waals surface area contributed by atoms with Gasteiger partial charge in [0.1, 0.15) is 5.82 Å². The molecule has 0 aliphatic rings. The van der Waals surface area contributed by atoms with Crippen LogP contribution in [0.2, 0.25) is 0 Å². The number of nitrogens with one attached hydrogen (secondary N) is 2. The van der Waals surface area contributed by atoms with Crippen molar-refractivity contribution in [2.45, 2.75) is 6.42 Å². The van der Waals surface area contributed by atoms with Crippen LogP contribution in [0.4, 0.5) is 9.52 Å². The van der Waals surface area contributed by atoms with Gasteiger partial charge in [0.25, 0.3) is 0 Å². The minimum atomic E-state index is -0.283. The van der Waals surface area contributed by atoms with Gasteiger partial charge < -0.3 is 10.6 Å². The smallest absolute Gasteiger partial charge is 0.240 e. The second kappa shape index (κ2) is 8.50. The van der Waals surface area contributed by atoms with Gasteiger partial charge >= 0.3 is 0 Å². The number of hydrogen-bond acceptors (Lipinski definition) is 4. The van der Waals surface area contributed by atoms with Crippen molar-refractivity contribution in [3.05, 3.63) is 71.4 Å². The number of carbonyl (C=O) groups excluding carboxylic acids is 1. The third-order valence-electron chi connectivity index (χ3n) is 3.61. The Hall–Kier alpha value is -2.57. The minimum absolute atomic E-state index is 0.131. The lowest BCUT2D eigenvalue weighted by Crippen LogP contribution is -2.29. The molecule has 3 aromatic rings. The molecule has 2 N–H and O–H groups in total. The van der Waals surface area contributed by atoms with E-state index in [1.807, 2.05) is 23.6 Å². The lowest BCUT2D eigenvalue weighted by molar-refractivity contribution is -0.115. The summed E-state index contributed by atoms with van der Waals surface area (Å²) in [5.41, 5.74) is 2.77. The quantitative estimate of drug-likeness (QED) is 0.635. The van der Waals surface area contributed by atoms with Crippen LogP contribution in [0.25, 0.3) is 11.3 Å². The van der Waals surface area contributed by atoms with Gasteiger partial charge in [-0.1, -0.05) is 30.3 Å². The summed E-state index contributed by atoms with van der Waals surface area (Å²) in [6.07, 6.45) is 0.875. The number of aromatic nitrogens is 1. The van der Waals surface area contributed by atoms with Gasteiger partial charge in [-0.05, 0) is 42.8 Å². The van der Waals surface area contributed by atoms with E-state index < -0.39 is 0 Å². The van der Waals surface area contributed by atoms with Crippen LogP contribution in [-0.2, 0) is 11.2 Å². The highest BCUT2D eigenvalue weighted by Crippen LogP contribution is 2.24. The largest absolute Gasteiger partial charge is 0.308 e. The molecule has 4 nitrogen and oxygen atoms in total. The first-order valence-corrected chi connectivity index (χ1v) is 8.84. The molecule has 0 aliphatic heterocycles. The van der Waals surface area contributed by atoms with E-state index in [1.165, 1.54) is 29.0 Å². The topological polar surface area (TPSA) is 54.0 Å². The third-order valence-corrected chi connectivity index (χ3v) is 4.37. The van der Waals surface area contributed by atoms with Gasteiger partial charge in [0, 0.05) is 10.9 Å². The van der Waals surface area contributed by atoms with Crippen LogP contribution < -0.4 is 10.6 Å². The van der Waals surface area contributed by atoms with E-state index in [0.29, 0.717) is 5.13 Å². The standard InChI is InChI=1S/C19H18FN3OS/c20-16-8-6-15(7-9-16)17-13-25-19(22-17)23-18(24)12-21-11-10-14-4-2-1-3-5-14/h1-9,13,21H,10-12H2,(H,22,23,24). The number of thiazole rings is 1. The molecule has 1 heterocycles. The van der Waals surface area contributed by atoms with E-state index in [1.54, 1.807) is 12.1 Å². The molecule has 0 fully saturated rings. The van der Waals surface area contributed by atoms with E-state index in [9.17, 15) is 9.18 Å². The molecular weight excluding hydrogens is 337 g/mol. The van der Waals surface area contributed by atoms with Crippen molar-refractivity contribution in [1.82, 2.24) is 10.3 Å². The molecule has 3 rings (SSSR count). The van der Waals surface area contributed by atoms with Gasteiger partial charge in [0.15, 0.2) is 5.13 Å². The molecule has 6 heteroatoms. The molecule has 0 bridgehead atoms. The first-order chi connectivity index (χ1) is 12.2. The maximum Gasteiger partial charge on any atom is 0.240 e. The van der Waals surface area contributed by atoms with Crippen LogP contribution in [0.15, 0.2) is 60.0 Å². The van der Waals surface area contributed by atoms with E-state index in [2.05, 4.69) is 27.8 Å². The Kier molecular flexibility index (Phi) is 5.87. The number of halogens is 1. The molecule has 1 amide bonds. The number of anilines is 1. The Morgan fingerprint density at radius 2 is 1.84 bits per heavy atom. The molecule has 0 saturated heterocycles. The van der Waals surface area contributed by atoms with Crippen LogP contribution in [0.5, 0.6) is 0 Å². The first-order valence-electron chi connectivity index (χ1n) is 7.97. The lowest BCUT2D eigenvalue weighted by atomic mass is 10.1. The zero-order valence-corrected chi connectivity index (χ0v) is 14.4. The second-order valence-corrected chi connectivity index (χ2v) is 6.36. The minimum Gasteiger partial charge on any atom is -0.308 e. The Bertz CT molecular complexity index is 818. The zero-order chi connectivity index (χ0) is 17.5. The monoisotopic (exact) mass is 355 g/mol. The Labute approximate surface area is 149 Å². The van der Waals surface area contributed by atoms with Gasteiger partial charge in [-0.15, -0.1) is 11.3 Å². The molecule has 0 unspecified atom stereocenters. The number of carbonyl (C=O) groups is 1. The number of benzene rings is 2. The number of hydrogen-bond donors (Lipinski definition) is 2. The molecule has 0 aliphatic carbocycles. The third kappa shape index (κ3) is 5.20. The summed E-state index contributed by atoms with van der Waals surface area (Å²) >= 11 is 1.35. The van der Waals surface area contributed by atoms with Crippen LogP contribution >= 0.6 is 11.3 Å². The molecule has 0 radical (unpaired) electrons. The molecule has 0 saturated carbocycles. The molecular formula is C19H18FN3OS. The number of amides is 1. The number of nitrogens with zero attached hydrogens (tertiary/aromatic N) is 1. The lowest BCUT2D eigenvalue weighted by Gasteiger charge is -2.05. The average Bonchev–Trinajstić information content (AvgIpc) is 3.09. The fourth-order valence-electron chi connectivity index (χ4n) is 2.33. The van der Waals surface area contributed by atoms with Crippen LogP contribution in [0.3, 0.4) is 0 Å². The fourth-order valence-corrected chi connectivity index (χ4v) is 3.06. The van der Waals surface area contributed by atoms with Gasteiger partial charge in [0.2, 0.25) is 5.91 Å². The van der Waals surface area contributed by atoms with Crippen LogP contribution in [0.1, 0.15) is 5.56 Å². The Morgan fingerprint density at radius 1 is 1.08 bits per heavy atom. The highest BCUT2D eigenvalue weighted by molar-refractivity contribution is 7.14. The summed E-state index contributed by atoms with van der Waals surface area (Å²) in [5.74, 6) is -0.415. The van der Waals surface area contributed by atoms with Gasteiger partial charge in [-0.3, -0.25) is 4.79 Å². The summed E-state index contributed by atoms with van der Waals surface area (Å²) in [6.45, 7) is 0.967. The van der Waals surface area contributed by atoms with Crippen molar-refractivity contribution in [3.8, 4) is 11.3 Å². The van der Waals surface area contributed by atoms with Crippen molar-refractivity contribution in [2.75, 3.05) is 18.4 Å². The fraction of sp³-hybridized carbons (Fsp3) is 0.158. The maximum atomic E-state index is 13.0. The Morgan fingerprint density at radius 3 is 2.60 bits per heavy atom. The molecule has 25 heavy (non-hydrogen) atoms. The van der Waals surface area contributed by atoms with Crippen LogP contribution in [-0.4, -0.2) is 24.0 Å². The van der Waals surface area contributed by atoms with E-state index in [-0.39, 0.29) is 18.3 Å². The molecule has 2 aromatic carbocycles. The zero-order valence-electron chi connectivity index (χ0n) is 13.5. The summed E-state index contributed by atoms with van der Waals surface area (Å²) < 4.78 is 13.0.